The molecule has 1 heterocycles. The molecule has 1 aliphatic rings. The van der Waals surface area contributed by atoms with Crippen LogP contribution in [0, 0.1) is 5.92 Å². The van der Waals surface area contributed by atoms with Gasteiger partial charge in [0.2, 0.25) is 10.0 Å². The molecule has 7 heteroatoms. The molecular formula is C18H21ClN2O3S. The maximum Gasteiger partial charge on any atom is 0.240 e. The van der Waals surface area contributed by atoms with Crippen molar-refractivity contribution in [1.82, 2.24) is 4.72 Å². The van der Waals surface area contributed by atoms with E-state index < -0.39 is 10.0 Å². The molecule has 2 aromatic rings. The van der Waals surface area contributed by atoms with Gasteiger partial charge in [-0.3, -0.25) is 0 Å². The molecular weight excluding hydrogens is 360 g/mol. The number of nitrogens with one attached hydrogen (secondary N) is 1. The summed E-state index contributed by atoms with van der Waals surface area (Å²) >= 11 is 5.88. The topological polar surface area (TPSA) is 58.6 Å². The lowest BCUT2D eigenvalue weighted by molar-refractivity contribution is 0.415. The molecule has 0 bridgehead atoms. The monoisotopic (exact) mass is 380 g/mol. The summed E-state index contributed by atoms with van der Waals surface area (Å²) in [6.45, 7) is 2.15. The second-order valence-corrected chi connectivity index (χ2v) is 8.31. The molecule has 1 N–H and O–H groups in total. The first-order chi connectivity index (χ1) is 12.0. The third-order valence-electron chi connectivity index (χ3n) is 4.39. The molecule has 25 heavy (non-hydrogen) atoms. The van der Waals surface area contributed by atoms with Gasteiger partial charge in [0.05, 0.1) is 12.0 Å². The molecule has 0 unspecified atom stereocenters. The van der Waals surface area contributed by atoms with Gasteiger partial charge < -0.3 is 9.64 Å². The minimum atomic E-state index is -3.53. The maximum atomic E-state index is 12.4. The van der Waals surface area contributed by atoms with Crippen molar-refractivity contribution >= 4 is 27.3 Å². The number of anilines is 1. The fourth-order valence-electron chi connectivity index (χ4n) is 2.97. The summed E-state index contributed by atoms with van der Waals surface area (Å²) in [5.41, 5.74) is 1.13. The molecule has 5 nitrogen and oxygen atoms in total. The Labute approximate surface area is 153 Å². The van der Waals surface area contributed by atoms with Crippen LogP contribution in [0.1, 0.15) is 6.42 Å². The van der Waals surface area contributed by atoms with Crippen LogP contribution in [0.4, 0.5) is 5.69 Å². The Morgan fingerprint density at radius 3 is 2.68 bits per heavy atom. The number of rotatable bonds is 6. The zero-order valence-electron chi connectivity index (χ0n) is 14.0. The van der Waals surface area contributed by atoms with E-state index in [-0.39, 0.29) is 10.8 Å². The Balaban J connectivity index is 1.58. The van der Waals surface area contributed by atoms with Crippen molar-refractivity contribution < 1.29 is 13.2 Å². The van der Waals surface area contributed by atoms with Gasteiger partial charge in [-0.1, -0.05) is 17.7 Å². The van der Waals surface area contributed by atoms with Crippen LogP contribution in [-0.4, -0.2) is 35.2 Å². The maximum absolute atomic E-state index is 12.4. The molecule has 2 aromatic carbocycles. The Morgan fingerprint density at radius 2 is 2.00 bits per heavy atom. The molecule has 1 atom stereocenters. The number of hydrogen-bond acceptors (Lipinski definition) is 4. The zero-order chi connectivity index (χ0) is 17.9. The highest BCUT2D eigenvalue weighted by molar-refractivity contribution is 7.89. The van der Waals surface area contributed by atoms with E-state index in [1.54, 1.807) is 25.3 Å². The van der Waals surface area contributed by atoms with Gasteiger partial charge in [0.1, 0.15) is 5.75 Å². The summed E-state index contributed by atoms with van der Waals surface area (Å²) in [7, 11) is -1.89. The summed E-state index contributed by atoms with van der Waals surface area (Å²) in [6.07, 6.45) is 0.949. The highest BCUT2D eigenvalue weighted by Gasteiger charge is 2.25. The average molecular weight is 381 g/mol. The standard InChI is InChI=1S/C18H21ClN2O3S/c1-24-17-7-5-16(6-8-17)21-10-9-14(13-21)12-20-25(22,23)18-4-2-3-15(19)11-18/h2-8,11,14,20H,9-10,12-13H2,1H3/t14-/m1/s1. The molecule has 0 saturated carbocycles. The van der Waals surface area contributed by atoms with Crippen molar-refractivity contribution in [1.29, 1.82) is 0 Å². The highest BCUT2D eigenvalue weighted by Crippen LogP contribution is 2.26. The largest absolute Gasteiger partial charge is 0.497 e. The summed E-state index contributed by atoms with van der Waals surface area (Å²) in [4.78, 5) is 2.46. The lowest BCUT2D eigenvalue weighted by Gasteiger charge is -2.19. The van der Waals surface area contributed by atoms with Gasteiger partial charge in [-0.15, -0.1) is 0 Å². The number of methoxy groups -OCH3 is 1. The summed E-state index contributed by atoms with van der Waals surface area (Å²) in [5.74, 6) is 1.10. The van der Waals surface area contributed by atoms with E-state index in [0.29, 0.717) is 11.6 Å². The van der Waals surface area contributed by atoms with Crippen molar-refractivity contribution in [3.63, 3.8) is 0 Å². The van der Waals surface area contributed by atoms with E-state index in [2.05, 4.69) is 9.62 Å². The van der Waals surface area contributed by atoms with Gasteiger partial charge in [-0.05, 0) is 54.8 Å². The second kappa shape index (κ2) is 7.64. The SMILES string of the molecule is COc1ccc(N2CC[C@H](CNS(=O)(=O)c3cccc(Cl)c3)C2)cc1. The zero-order valence-corrected chi connectivity index (χ0v) is 15.6. The summed E-state index contributed by atoms with van der Waals surface area (Å²) in [5, 5.41) is 0.412. The number of ether oxygens (including phenoxy) is 1. The van der Waals surface area contributed by atoms with E-state index in [9.17, 15) is 8.42 Å². The smallest absolute Gasteiger partial charge is 0.240 e. The lowest BCUT2D eigenvalue weighted by atomic mass is 10.1. The van der Waals surface area contributed by atoms with Crippen LogP contribution < -0.4 is 14.4 Å². The van der Waals surface area contributed by atoms with Gasteiger partial charge in [0, 0.05) is 30.3 Å². The molecule has 1 saturated heterocycles. The van der Waals surface area contributed by atoms with E-state index in [4.69, 9.17) is 16.3 Å². The Morgan fingerprint density at radius 1 is 1.24 bits per heavy atom. The van der Waals surface area contributed by atoms with Crippen molar-refractivity contribution in [2.24, 2.45) is 5.92 Å². The second-order valence-electron chi connectivity index (χ2n) is 6.11. The first-order valence-corrected chi connectivity index (χ1v) is 9.98. The van der Waals surface area contributed by atoms with Crippen LogP contribution in [0.15, 0.2) is 53.4 Å². The van der Waals surface area contributed by atoms with Crippen LogP contribution in [0.2, 0.25) is 5.02 Å². The number of nitrogens with zero attached hydrogens (tertiary/aromatic N) is 1. The molecule has 1 fully saturated rings. The third kappa shape index (κ3) is 4.45. The number of hydrogen-bond donors (Lipinski definition) is 1. The van der Waals surface area contributed by atoms with Crippen LogP contribution >= 0.6 is 11.6 Å². The van der Waals surface area contributed by atoms with Crippen molar-refractivity contribution in [2.75, 3.05) is 31.6 Å². The van der Waals surface area contributed by atoms with Crippen molar-refractivity contribution in [2.45, 2.75) is 11.3 Å². The number of halogens is 1. The van der Waals surface area contributed by atoms with E-state index in [0.717, 1.165) is 30.9 Å². The molecule has 0 amide bonds. The fourth-order valence-corrected chi connectivity index (χ4v) is 4.39. The van der Waals surface area contributed by atoms with Gasteiger partial charge in [0.25, 0.3) is 0 Å². The van der Waals surface area contributed by atoms with E-state index in [1.807, 2.05) is 24.3 Å². The summed E-state index contributed by atoms with van der Waals surface area (Å²) < 4.78 is 32.6. The van der Waals surface area contributed by atoms with E-state index >= 15 is 0 Å². The Kier molecular flexibility index (Phi) is 5.51. The molecule has 0 aromatic heterocycles. The predicted molar refractivity (Wildman–Crippen MR) is 100.0 cm³/mol. The van der Waals surface area contributed by atoms with Crippen LogP contribution in [0.5, 0.6) is 5.75 Å². The quantitative estimate of drug-likeness (QED) is 0.836. The number of benzene rings is 2. The van der Waals surface area contributed by atoms with Gasteiger partial charge in [0.15, 0.2) is 0 Å². The minimum Gasteiger partial charge on any atom is -0.497 e. The highest BCUT2D eigenvalue weighted by atomic mass is 35.5. The van der Waals surface area contributed by atoms with Crippen LogP contribution in [-0.2, 0) is 10.0 Å². The fraction of sp³-hybridized carbons (Fsp3) is 0.333. The normalized spacial score (nSPS) is 17.7. The van der Waals surface area contributed by atoms with Crippen molar-refractivity contribution in [3.05, 3.63) is 53.6 Å². The molecule has 3 rings (SSSR count). The molecule has 0 spiro atoms. The number of sulfonamides is 1. The lowest BCUT2D eigenvalue weighted by Crippen LogP contribution is -2.31. The van der Waals surface area contributed by atoms with Crippen LogP contribution in [0.3, 0.4) is 0 Å². The van der Waals surface area contributed by atoms with Gasteiger partial charge >= 0.3 is 0 Å². The first kappa shape index (κ1) is 18.0. The summed E-state index contributed by atoms with van der Waals surface area (Å²) in [6, 6.07) is 14.2. The molecule has 1 aliphatic heterocycles. The van der Waals surface area contributed by atoms with Gasteiger partial charge in [-0.25, -0.2) is 13.1 Å². The Bertz CT molecular complexity index is 824. The Hall–Kier alpha value is -1.76. The molecule has 0 radical (unpaired) electrons. The average Bonchev–Trinajstić information content (AvgIpc) is 3.09. The van der Waals surface area contributed by atoms with Crippen LogP contribution in [0.25, 0.3) is 0 Å². The van der Waals surface area contributed by atoms with E-state index in [1.165, 1.54) is 6.07 Å². The molecule has 134 valence electrons. The minimum absolute atomic E-state index is 0.199. The van der Waals surface area contributed by atoms with Gasteiger partial charge in [-0.2, -0.15) is 0 Å². The van der Waals surface area contributed by atoms with Crippen molar-refractivity contribution in [3.8, 4) is 5.75 Å². The predicted octanol–water partition coefficient (Wildman–Crippen LogP) is 3.15. The third-order valence-corrected chi connectivity index (χ3v) is 6.05. The molecule has 0 aliphatic carbocycles. The first-order valence-electron chi connectivity index (χ1n) is 8.12.